The summed E-state index contributed by atoms with van der Waals surface area (Å²) in [5, 5.41) is 2.76. The van der Waals surface area contributed by atoms with Crippen LogP contribution >= 0.6 is 0 Å². The third-order valence-electron chi connectivity index (χ3n) is 4.07. The van der Waals surface area contributed by atoms with Crippen LogP contribution in [0.3, 0.4) is 0 Å². The molecule has 1 amide bonds. The van der Waals surface area contributed by atoms with Crippen molar-refractivity contribution in [3.05, 3.63) is 59.2 Å². The second-order valence-electron chi connectivity index (χ2n) is 6.19. The molecule has 0 fully saturated rings. The number of hydrogen-bond donors (Lipinski definition) is 1. The summed E-state index contributed by atoms with van der Waals surface area (Å²) >= 11 is 0. The van der Waals surface area contributed by atoms with Gasteiger partial charge in [0.2, 0.25) is 0 Å². The molecular weight excluding hydrogens is 346 g/mol. The molecule has 1 atom stereocenters. The Morgan fingerprint density at radius 3 is 2.37 bits per heavy atom. The molecule has 2 aromatic carbocycles. The van der Waals surface area contributed by atoms with Crippen molar-refractivity contribution in [2.24, 2.45) is 0 Å². The maximum absolute atomic E-state index is 12.2. The van der Waals surface area contributed by atoms with Crippen molar-refractivity contribution in [3.8, 4) is 11.5 Å². The summed E-state index contributed by atoms with van der Waals surface area (Å²) in [6.45, 7) is 3.83. The van der Waals surface area contributed by atoms with Gasteiger partial charge in [0.1, 0.15) is 11.5 Å². The molecule has 0 aliphatic heterocycles. The molecule has 0 radical (unpaired) electrons. The average molecular weight is 371 g/mol. The van der Waals surface area contributed by atoms with E-state index in [0.717, 1.165) is 22.4 Å². The Kier molecular flexibility index (Phi) is 7.23. The summed E-state index contributed by atoms with van der Waals surface area (Å²) in [5.74, 6) is 0.537. The zero-order valence-electron chi connectivity index (χ0n) is 16.1. The van der Waals surface area contributed by atoms with E-state index in [-0.39, 0.29) is 12.3 Å². The number of carbonyl (C=O) groups is 2. The van der Waals surface area contributed by atoms with E-state index in [1.807, 2.05) is 49.4 Å². The van der Waals surface area contributed by atoms with E-state index < -0.39 is 12.1 Å². The fraction of sp³-hybridized carbons (Fsp3) is 0.333. The second-order valence-corrected chi connectivity index (χ2v) is 6.19. The number of hydrogen-bond acceptors (Lipinski definition) is 5. The first-order valence-corrected chi connectivity index (χ1v) is 8.66. The van der Waals surface area contributed by atoms with Crippen LogP contribution in [0.5, 0.6) is 11.5 Å². The summed E-state index contributed by atoms with van der Waals surface area (Å²) in [4.78, 5) is 24.3. The summed E-state index contributed by atoms with van der Waals surface area (Å²) < 4.78 is 15.6. The van der Waals surface area contributed by atoms with Crippen molar-refractivity contribution in [1.29, 1.82) is 0 Å². The zero-order valence-corrected chi connectivity index (χ0v) is 16.1. The van der Waals surface area contributed by atoms with Crippen LogP contribution in [0.2, 0.25) is 0 Å². The normalized spacial score (nSPS) is 11.4. The number of ether oxygens (including phenoxy) is 3. The number of nitrogens with one attached hydrogen (secondary N) is 1. The highest BCUT2D eigenvalue weighted by atomic mass is 16.5. The fourth-order valence-electron chi connectivity index (χ4n) is 2.57. The van der Waals surface area contributed by atoms with E-state index >= 15 is 0 Å². The Morgan fingerprint density at radius 1 is 1.04 bits per heavy atom. The van der Waals surface area contributed by atoms with Crippen LogP contribution in [-0.4, -0.2) is 32.2 Å². The molecule has 2 rings (SSSR count). The van der Waals surface area contributed by atoms with Gasteiger partial charge in [-0.2, -0.15) is 0 Å². The summed E-state index contributed by atoms with van der Waals surface area (Å²) in [6.07, 6.45) is -0.840. The van der Waals surface area contributed by atoms with Crippen LogP contribution in [0.25, 0.3) is 0 Å². The molecule has 0 unspecified atom stereocenters. The van der Waals surface area contributed by atoms with Gasteiger partial charge in [-0.05, 0) is 37.6 Å². The molecule has 6 nitrogen and oxygen atoms in total. The molecule has 144 valence electrons. The van der Waals surface area contributed by atoms with Gasteiger partial charge in [0.15, 0.2) is 6.10 Å². The third kappa shape index (κ3) is 6.02. The predicted molar refractivity (Wildman–Crippen MR) is 102 cm³/mol. The van der Waals surface area contributed by atoms with Gasteiger partial charge < -0.3 is 19.5 Å². The smallest absolute Gasteiger partial charge is 0.311 e. The van der Waals surface area contributed by atoms with Crippen molar-refractivity contribution in [3.63, 3.8) is 0 Å². The third-order valence-corrected chi connectivity index (χ3v) is 4.07. The van der Waals surface area contributed by atoms with E-state index in [4.69, 9.17) is 14.2 Å². The SMILES string of the molecule is COc1ccc(CNC(=O)[C@H](C)OC(=O)Cc2cc(C)ccc2OC)cc1. The Bertz CT molecular complexity index is 786. The van der Waals surface area contributed by atoms with Crippen LogP contribution < -0.4 is 14.8 Å². The molecule has 0 saturated carbocycles. The van der Waals surface area contributed by atoms with Gasteiger partial charge in [-0.1, -0.05) is 29.8 Å². The minimum absolute atomic E-state index is 0.0426. The fourth-order valence-corrected chi connectivity index (χ4v) is 2.57. The van der Waals surface area contributed by atoms with Crippen LogP contribution in [-0.2, 0) is 27.3 Å². The topological polar surface area (TPSA) is 73.9 Å². The number of aryl methyl sites for hydroxylation is 1. The maximum atomic E-state index is 12.2. The quantitative estimate of drug-likeness (QED) is 0.723. The van der Waals surface area contributed by atoms with Gasteiger partial charge in [0, 0.05) is 12.1 Å². The van der Waals surface area contributed by atoms with Crippen LogP contribution in [0.1, 0.15) is 23.6 Å². The van der Waals surface area contributed by atoms with Gasteiger partial charge in [-0.15, -0.1) is 0 Å². The summed E-state index contributed by atoms with van der Waals surface area (Å²) in [5.41, 5.74) is 2.67. The van der Waals surface area contributed by atoms with Gasteiger partial charge in [0.25, 0.3) is 5.91 Å². The number of rotatable bonds is 8. The highest BCUT2D eigenvalue weighted by molar-refractivity contribution is 5.84. The molecule has 2 aromatic rings. The lowest BCUT2D eigenvalue weighted by Crippen LogP contribution is -2.35. The van der Waals surface area contributed by atoms with Crippen molar-refractivity contribution in [2.45, 2.75) is 32.9 Å². The lowest BCUT2D eigenvalue weighted by Gasteiger charge is -2.15. The molecule has 27 heavy (non-hydrogen) atoms. The van der Waals surface area contributed by atoms with Crippen molar-refractivity contribution < 1.29 is 23.8 Å². The molecule has 0 aliphatic rings. The second kappa shape index (κ2) is 9.62. The highest BCUT2D eigenvalue weighted by Gasteiger charge is 2.19. The molecule has 6 heteroatoms. The Morgan fingerprint density at radius 2 is 1.74 bits per heavy atom. The van der Waals surface area contributed by atoms with Gasteiger partial charge in [-0.25, -0.2) is 0 Å². The molecule has 0 aliphatic carbocycles. The number of esters is 1. The molecule has 0 heterocycles. The largest absolute Gasteiger partial charge is 0.497 e. The highest BCUT2D eigenvalue weighted by Crippen LogP contribution is 2.20. The van der Waals surface area contributed by atoms with E-state index in [9.17, 15) is 9.59 Å². The van der Waals surface area contributed by atoms with E-state index in [0.29, 0.717) is 12.3 Å². The molecule has 0 spiro atoms. The van der Waals surface area contributed by atoms with Crippen LogP contribution in [0.15, 0.2) is 42.5 Å². The summed E-state index contributed by atoms with van der Waals surface area (Å²) in [6, 6.07) is 12.9. The molecule has 0 saturated heterocycles. The number of amides is 1. The maximum Gasteiger partial charge on any atom is 0.311 e. The molecular formula is C21H25NO5. The minimum atomic E-state index is -0.883. The lowest BCUT2D eigenvalue weighted by atomic mass is 10.1. The average Bonchev–Trinajstić information content (AvgIpc) is 2.66. The van der Waals surface area contributed by atoms with Crippen LogP contribution in [0, 0.1) is 6.92 Å². The van der Waals surface area contributed by atoms with Gasteiger partial charge >= 0.3 is 5.97 Å². The zero-order chi connectivity index (χ0) is 19.8. The van der Waals surface area contributed by atoms with E-state index in [1.54, 1.807) is 21.1 Å². The molecule has 1 N–H and O–H groups in total. The van der Waals surface area contributed by atoms with E-state index in [2.05, 4.69) is 5.32 Å². The van der Waals surface area contributed by atoms with E-state index in [1.165, 1.54) is 0 Å². The summed E-state index contributed by atoms with van der Waals surface area (Å²) in [7, 11) is 3.15. The first-order chi connectivity index (χ1) is 12.9. The predicted octanol–water partition coefficient (Wildman–Crippen LogP) is 2.80. The number of benzene rings is 2. The Hall–Kier alpha value is -3.02. The minimum Gasteiger partial charge on any atom is -0.497 e. The monoisotopic (exact) mass is 371 g/mol. The molecule has 0 bridgehead atoms. The standard InChI is InChI=1S/C21H25NO5/c1-14-5-10-19(26-4)17(11-14)12-20(23)27-15(2)21(24)22-13-16-6-8-18(25-3)9-7-16/h5-11,15H,12-13H2,1-4H3,(H,22,24)/t15-/m0/s1. The Balaban J connectivity index is 1.86. The van der Waals surface area contributed by atoms with Crippen LogP contribution in [0.4, 0.5) is 0 Å². The van der Waals surface area contributed by atoms with Crippen molar-refractivity contribution in [2.75, 3.05) is 14.2 Å². The van der Waals surface area contributed by atoms with Gasteiger partial charge in [0.05, 0.1) is 20.6 Å². The number of carbonyl (C=O) groups excluding carboxylic acids is 2. The van der Waals surface area contributed by atoms with Crippen molar-refractivity contribution >= 4 is 11.9 Å². The first kappa shape index (κ1) is 20.3. The van der Waals surface area contributed by atoms with Gasteiger partial charge in [-0.3, -0.25) is 9.59 Å². The van der Waals surface area contributed by atoms with Crippen molar-refractivity contribution in [1.82, 2.24) is 5.32 Å². The Labute approximate surface area is 159 Å². The molecule has 0 aromatic heterocycles. The lowest BCUT2D eigenvalue weighted by molar-refractivity contribution is -0.154. The first-order valence-electron chi connectivity index (χ1n) is 8.66. The number of methoxy groups -OCH3 is 2.